The Kier molecular flexibility index (Phi) is 2.18. The number of pyridine rings is 1. The molecule has 66 valence electrons. The van der Waals surface area contributed by atoms with E-state index in [0.717, 1.165) is 0 Å². The highest BCUT2D eigenvalue weighted by atomic mass is 32.1. The van der Waals surface area contributed by atoms with Gasteiger partial charge in [-0.25, -0.2) is 9.97 Å². The van der Waals surface area contributed by atoms with E-state index >= 15 is 0 Å². The van der Waals surface area contributed by atoms with Crippen molar-refractivity contribution in [1.82, 2.24) is 9.97 Å². The van der Waals surface area contributed by atoms with E-state index in [0.29, 0.717) is 10.8 Å². The molecule has 0 saturated carbocycles. The van der Waals surface area contributed by atoms with Gasteiger partial charge in [-0.15, -0.1) is 0 Å². The SMILES string of the molecule is Fc1ccc(Oc2cncs2)cn1. The van der Waals surface area contributed by atoms with E-state index in [4.69, 9.17) is 4.74 Å². The first-order valence-electron chi connectivity index (χ1n) is 3.52. The lowest BCUT2D eigenvalue weighted by Crippen LogP contribution is -1.84. The summed E-state index contributed by atoms with van der Waals surface area (Å²) in [4.78, 5) is 7.29. The third kappa shape index (κ3) is 2.00. The molecular weight excluding hydrogens is 191 g/mol. The maximum absolute atomic E-state index is 12.4. The zero-order valence-corrected chi connectivity index (χ0v) is 7.29. The van der Waals surface area contributed by atoms with Crippen LogP contribution in [0.4, 0.5) is 4.39 Å². The lowest BCUT2D eigenvalue weighted by Gasteiger charge is -1.99. The van der Waals surface area contributed by atoms with Gasteiger partial charge in [0.2, 0.25) is 11.0 Å². The normalized spacial score (nSPS) is 9.92. The van der Waals surface area contributed by atoms with Crippen molar-refractivity contribution in [2.75, 3.05) is 0 Å². The number of ether oxygens (including phenoxy) is 1. The molecule has 2 rings (SSSR count). The molecule has 0 N–H and O–H groups in total. The fourth-order valence-electron chi connectivity index (χ4n) is 0.793. The Morgan fingerprint density at radius 3 is 2.85 bits per heavy atom. The van der Waals surface area contributed by atoms with E-state index in [-0.39, 0.29) is 0 Å². The Morgan fingerprint density at radius 2 is 2.23 bits per heavy atom. The molecule has 0 aliphatic rings. The van der Waals surface area contributed by atoms with Crippen LogP contribution in [0.2, 0.25) is 0 Å². The molecule has 0 saturated heterocycles. The van der Waals surface area contributed by atoms with E-state index in [1.807, 2.05) is 0 Å². The molecule has 13 heavy (non-hydrogen) atoms. The van der Waals surface area contributed by atoms with Gasteiger partial charge in [0, 0.05) is 0 Å². The van der Waals surface area contributed by atoms with Crippen LogP contribution in [0.3, 0.4) is 0 Å². The van der Waals surface area contributed by atoms with Crippen LogP contribution in [0.15, 0.2) is 30.0 Å². The molecule has 0 fully saturated rings. The van der Waals surface area contributed by atoms with E-state index in [1.54, 1.807) is 11.7 Å². The maximum atomic E-state index is 12.4. The summed E-state index contributed by atoms with van der Waals surface area (Å²) in [6.07, 6.45) is 2.92. The van der Waals surface area contributed by atoms with Crippen LogP contribution in [-0.4, -0.2) is 9.97 Å². The lowest BCUT2D eigenvalue weighted by molar-refractivity contribution is 0.486. The molecule has 2 heterocycles. The first-order valence-corrected chi connectivity index (χ1v) is 4.40. The topological polar surface area (TPSA) is 35.0 Å². The molecule has 5 heteroatoms. The number of aromatic nitrogens is 2. The first-order chi connectivity index (χ1) is 6.34. The summed E-state index contributed by atoms with van der Waals surface area (Å²) in [7, 11) is 0. The molecule has 0 aliphatic carbocycles. The van der Waals surface area contributed by atoms with Gasteiger partial charge in [-0.3, -0.25) is 0 Å². The molecule has 0 aliphatic heterocycles. The summed E-state index contributed by atoms with van der Waals surface area (Å²) >= 11 is 1.37. The Hall–Kier alpha value is -1.49. The van der Waals surface area contributed by atoms with Crippen molar-refractivity contribution in [3.63, 3.8) is 0 Å². The summed E-state index contributed by atoms with van der Waals surface area (Å²) in [6, 6.07) is 2.76. The lowest BCUT2D eigenvalue weighted by atomic mass is 10.5. The average molecular weight is 196 g/mol. The number of hydrogen-bond donors (Lipinski definition) is 0. The second-order valence-electron chi connectivity index (χ2n) is 2.24. The summed E-state index contributed by atoms with van der Waals surface area (Å²) in [5, 5.41) is 0.661. The molecule has 0 amide bonds. The number of halogens is 1. The number of rotatable bonds is 2. The minimum absolute atomic E-state index is 0.505. The third-order valence-corrected chi connectivity index (χ3v) is 1.98. The Bertz CT molecular complexity index is 374. The summed E-state index contributed by atoms with van der Waals surface area (Å²) in [5.41, 5.74) is 1.66. The molecule has 3 nitrogen and oxygen atoms in total. The zero-order chi connectivity index (χ0) is 9.10. The van der Waals surface area contributed by atoms with Gasteiger partial charge in [-0.05, 0) is 12.1 Å². The molecule has 0 radical (unpaired) electrons. The molecule has 0 aromatic carbocycles. The van der Waals surface area contributed by atoms with Gasteiger partial charge in [-0.2, -0.15) is 4.39 Å². The summed E-state index contributed by atoms with van der Waals surface area (Å²) in [6.45, 7) is 0. The van der Waals surface area contributed by atoms with E-state index < -0.39 is 5.95 Å². The standard InChI is InChI=1S/C8H5FN2OS/c9-7-2-1-6(3-11-7)12-8-4-10-5-13-8/h1-5H. The zero-order valence-electron chi connectivity index (χ0n) is 6.48. The monoisotopic (exact) mass is 196 g/mol. The molecule has 2 aromatic heterocycles. The first kappa shape index (κ1) is 8.12. The minimum atomic E-state index is -0.517. The molecule has 2 aromatic rings. The summed E-state index contributed by atoms with van der Waals surface area (Å²) in [5.74, 6) is -0.0118. The molecule has 0 unspecified atom stereocenters. The average Bonchev–Trinajstić information content (AvgIpc) is 2.62. The van der Waals surface area contributed by atoms with Gasteiger partial charge in [0.1, 0.15) is 5.75 Å². The van der Waals surface area contributed by atoms with Crippen molar-refractivity contribution >= 4 is 11.3 Å². The van der Waals surface area contributed by atoms with Crippen molar-refractivity contribution in [2.45, 2.75) is 0 Å². The molecular formula is C8H5FN2OS. The van der Waals surface area contributed by atoms with Crippen molar-refractivity contribution in [2.24, 2.45) is 0 Å². The Balaban J connectivity index is 2.15. The highest BCUT2D eigenvalue weighted by Gasteiger charge is 1.98. The van der Waals surface area contributed by atoms with Crippen LogP contribution in [0.25, 0.3) is 0 Å². The highest BCUT2D eigenvalue weighted by molar-refractivity contribution is 7.11. The Morgan fingerprint density at radius 1 is 1.31 bits per heavy atom. The smallest absolute Gasteiger partial charge is 0.213 e. The van der Waals surface area contributed by atoms with Crippen LogP contribution in [0.5, 0.6) is 10.8 Å². The molecule has 0 bridgehead atoms. The third-order valence-electron chi connectivity index (χ3n) is 1.33. The molecule has 0 spiro atoms. The van der Waals surface area contributed by atoms with Gasteiger partial charge < -0.3 is 4.74 Å². The fourth-order valence-corrected chi connectivity index (χ4v) is 1.28. The Labute approximate surface area is 77.8 Å². The van der Waals surface area contributed by atoms with E-state index in [1.165, 1.54) is 29.7 Å². The van der Waals surface area contributed by atoms with Crippen molar-refractivity contribution < 1.29 is 9.13 Å². The minimum Gasteiger partial charge on any atom is -0.443 e. The molecule has 0 atom stereocenters. The summed E-state index contributed by atoms with van der Waals surface area (Å²) < 4.78 is 17.7. The van der Waals surface area contributed by atoms with Gasteiger partial charge >= 0.3 is 0 Å². The van der Waals surface area contributed by atoms with Crippen molar-refractivity contribution in [3.05, 3.63) is 36.0 Å². The van der Waals surface area contributed by atoms with Crippen LogP contribution in [0, 0.1) is 5.95 Å². The van der Waals surface area contributed by atoms with Crippen LogP contribution in [-0.2, 0) is 0 Å². The van der Waals surface area contributed by atoms with Gasteiger partial charge in [0.25, 0.3) is 0 Å². The van der Waals surface area contributed by atoms with E-state index in [9.17, 15) is 4.39 Å². The van der Waals surface area contributed by atoms with Crippen molar-refractivity contribution in [1.29, 1.82) is 0 Å². The van der Waals surface area contributed by atoms with Crippen molar-refractivity contribution in [3.8, 4) is 10.8 Å². The predicted octanol–water partition coefficient (Wildman–Crippen LogP) is 2.47. The largest absolute Gasteiger partial charge is 0.443 e. The van der Waals surface area contributed by atoms with Gasteiger partial charge in [0.15, 0.2) is 0 Å². The fraction of sp³-hybridized carbons (Fsp3) is 0. The highest BCUT2D eigenvalue weighted by Crippen LogP contribution is 2.23. The second kappa shape index (κ2) is 3.49. The maximum Gasteiger partial charge on any atom is 0.213 e. The van der Waals surface area contributed by atoms with E-state index in [2.05, 4.69) is 9.97 Å². The van der Waals surface area contributed by atoms with Gasteiger partial charge in [0.05, 0.1) is 17.9 Å². The second-order valence-corrected chi connectivity index (χ2v) is 3.09. The van der Waals surface area contributed by atoms with Crippen LogP contribution >= 0.6 is 11.3 Å². The number of nitrogens with zero attached hydrogens (tertiary/aromatic N) is 2. The number of thiazole rings is 1. The van der Waals surface area contributed by atoms with Crippen LogP contribution < -0.4 is 4.74 Å². The number of hydrogen-bond acceptors (Lipinski definition) is 4. The predicted molar refractivity (Wildman–Crippen MR) is 46.4 cm³/mol. The van der Waals surface area contributed by atoms with Crippen LogP contribution in [0.1, 0.15) is 0 Å². The quantitative estimate of drug-likeness (QED) is 0.692. The van der Waals surface area contributed by atoms with Gasteiger partial charge in [-0.1, -0.05) is 11.3 Å².